The highest BCUT2D eigenvalue weighted by Gasteiger charge is 2.82. The van der Waals surface area contributed by atoms with Gasteiger partial charge in [-0.1, -0.05) is 6.07 Å². The SMILES string of the molecule is COC(=O)[C@]1(O)[C@@H]2N(C)c3cc(OC)ccc3[C@@]23CCN2CCC[C@]([C@@H](C)F)([C@H]23)[C@H]1OC(C)=O. The second kappa shape index (κ2) is 7.55. The predicted molar refractivity (Wildman–Crippen MR) is 122 cm³/mol. The average Bonchev–Trinajstić information content (AvgIpc) is 3.32. The Hall–Kier alpha value is -2.39. The molecule has 3 aliphatic heterocycles. The summed E-state index contributed by atoms with van der Waals surface area (Å²) in [6.07, 6.45) is -1.18. The molecule has 8 nitrogen and oxygen atoms in total. The molecule has 0 aromatic heterocycles. The van der Waals surface area contributed by atoms with Crippen LogP contribution in [0.3, 0.4) is 0 Å². The Morgan fingerprint density at radius 2 is 1.94 bits per heavy atom. The lowest BCUT2D eigenvalue weighted by molar-refractivity contribution is -0.252. The van der Waals surface area contributed by atoms with E-state index in [-0.39, 0.29) is 6.04 Å². The smallest absolute Gasteiger partial charge is 0.344 e. The number of rotatable bonds is 4. The van der Waals surface area contributed by atoms with E-state index in [9.17, 15) is 14.7 Å². The molecule has 5 rings (SSSR count). The van der Waals surface area contributed by atoms with Gasteiger partial charge in [0.1, 0.15) is 11.9 Å². The summed E-state index contributed by atoms with van der Waals surface area (Å²) in [5, 5.41) is 12.4. The number of benzene rings is 1. The van der Waals surface area contributed by atoms with Gasteiger partial charge in [0.05, 0.1) is 25.7 Å². The van der Waals surface area contributed by atoms with Gasteiger partial charge in [-0.3, -0.25) is 9.69 Å². The number of carbonyl (C=O) groups is 2. The van der Waals surface area contributed by atoms with Crippen molar-refractivity contribution in [2.24, 2.45) is 5.41 Å². The Morgan fingerprint density at radius 3 is 2.56 bits per heavy atom. The van der Waals surface area contributed by atoms with E-state index in [0.29, 0.717) is 31.6 Å². The minimum absolute atomic E-state index is 0.370. The number of piperidine rings is 1. The zero-order chi connectivity index (χ0) is 24.6. The maximum atomic E-state index is 16.0. The van der Waals surface area contributed by atoms with E-state index < -0.39 is 46.7 Å². The van der Waals surface area contributed by atoms with Crippen LogP contribution in [0.5, 0.6) is 5.75 Å². The molecule has 1 N–H and O–H groups in total. The first-order valence-electron chi connectivity index (χ1n) is 11.9. The molecule has 0 bridgehead atoms. The molecule has 3 fully saturated rings. The number of aliphatic hydroxyl groups is 1. The molecule has 3 heterocycles. The van der Waals surface area contributed by atoms with Crippen LogP contribution in [0.4, 0.5) is 10.1 Å². The molecule has 1 saturated carbocycles. The van der Waals surface area contributed by atoms with Crippen molar-refractivity contribution in [3.05, 3.63) is 23.8 Å². The molecule has 2 saturated heterocycles. The van der Waals surface area contributed by atoms with Crippen molar-refractivity contribution < 1.29 is 33.3 Å². The Morgan fingerprint density at radius 1 is 1.21 bits per heavy atom. The number of esters is 2. The summed E-state index contributed by atoms with van der Waals surface area (Å²) in [5.74, 6) is -0.950. The molecule has 1 aromatic carbocycles. The second-order valence-electron chi connectivity index (χ2n) is 10.3. The maximum absolute atomic E-state index is 16.0. The molecular weight excluding hydrogens is 443 g/mol. The van der Waals surface area contributed by atoms with Crippen LogP contribution in [0.1, 0.15) is 38.7 Å². The normalized spacial score (nSPS) is 39.0. The van der Waals surface area contributed by atoms with Gasteiger partial charge in [0.15, 0.2) is 6.10 Å². The molecule has 0 unspecified atom stereocenters. The molecule has 34 heavy (non-hydrogen) atoms. The van der Waals surface area contributed by atoms with E-state index in [4.69, 9.17) is 14.2 Å². The number of likely N-dealkylation sites (N-methyl/N-ethyl adjacent to an activating group) is 1. The van der Waals surface area contributed by atoms with Gasteiger partial charge >= 0.3 is 11.9 Å². The molecule has 1 spiro atoms. The summed E-state index contributed by atoms with van der Waals surface area (Å²) in [6, 6.07) is 4.53. The molecule has 1 aromatic rings. The fourth-order valence-electron chi connectivity index (χ4n) is 8.12. The van der Waals surface area contributed by atoms with Gasteiger partial charge < -0.3 is 24.2 Å². The van der Waals surface area contributed by atoms with Crippen LogP contribution in [0.2, 0.25) is 0 Å². The Bertz CT molecular complexity index is 1030. The number of methoxy groups -OCH3 is 2. The summed E-state index contributed by atoms with van der Waals surface area (Å²) >= 11 is 0. The van der Waals surface area contributed by atoms with Crippen molar-refractivity contribution in [3.63, 3.8) is 0 Å². The van der Waals surface area contributed by atoms with Crippen molar-refractivity contribution in [2.45, 2.75) is 68.5 Å². The summed E-state index contributed by atoms with van der Waals surface area (Å²) in [7, 11) is 4.59. The molecule has 0 radical (unpaired) electrons. The lowest BCUT2D eigenvalue weighted by Crippen LogP contribution is -2.83. The minimum Gasteiger partial charge on any atom is -0.497 e. The maximum Gasteiger partial charge on any atom is 0.344 e. The van der Waals surface area contributed by atoms with E-state index in [0.717, 1.165) is 17.8 Å². The zero-order valence-corrected chi connectivity index (χ0v) is 20.3. The van der Waals surface area contributed by atoms with Crippen LogP contribution in [0.15, 0.2) is 18.2 Å². The third-order valence-corrected chi connectivity index (χ3v) is 9.03. The molecular formula is C25H33FN2O6. The summed E-state index contributed by atoms with van der Waals surface area (Å²) in [4.78, 5) is 30.0. The van der Waals surface area contributed by atoms with Gasteiger partial charge in [0.25, 0.3) is 0 Å². The summed E-state index contributed by atoms with van der Waals surface area (Å²) < 4.78 is 32.4. The van der Waals surface area contributed by atoms with Crippen molar-refractivity contribution in [3.8, 4) is 5.75 Å². The summed E-state index contributed by atoms with van der Waals surface area (Å²) in [5.41, 5.74) is -2.59. The molecule has 7 atom stereocenters. The Kier molecular flexibility index (Phi) is 5.19. The second-order valence-corrected chi connectivity index (χ2v) is 10.3. The monoisotopic (exact) mass is 476 g/mol. The molecule has 1 aliphatic carbocycles. The number of hydrogen-bond donors (Lipinski definition) is 1. The molecule has 0 amide bonds. The Labute approximate surface area is 198 Å². The predicted octanol–water partition coefficient (Wildman–Crippen LogP) is 1.81. The first kappa shape index (κ1) is 23.4. The van der Waals surface area contributed by atoms with Gasteiger partial charge in [-0.25, -0.2) is 9.18 Å². The standard InChI is InChI=1S/C25H33FN2O6/c1-14(26)23-9-6-11-28-12-10-24(19(23)28)17-8-7-16(32-4)13-18(17)27(3)20(24)25(31,22(30)33-5)21(23)34-15(2)29/h7-8,13-14,19-21,31H,6,9-12H2,1-5H3/t14-,19+,20-,21-,23+,24-,25+/m1/s1. The highest BCUT2D eigenvalue weighted by molar-refractivity contribution is 5.86. The largest absolute Gasteiger partial charge is 0.497 e. The number of nitrogens with zero attached hydrogens (tertiary/aromatic N) is 2. The van der Waals surface area contributed by atoms with Gasteiger partial charge in [-0.15, -0.1) is 0 Å². The first-order valence-corrected chi connectivity index (χ1v) is 11.9. The fourth-order valence-corrected chi connectivity index (χ4v) is 8.12. The lowest BCUT2D eigenvalue weighted by Gasteiger charge is -2.65. The van der Waals surface area contributed by atoms with Crippen LogP contribution in [-0.4, -0.2) is 86.3 Å². The van der Waals surface area contributed by atoms with Crippen molar-refractivity contribution in [1.82, 2.24) is 4.90 Å². The van der Waals surface area contributed by atoms with E-state index >= 15 is 4.39 Å². The van der Waals surface area contributed by atoms with E-state index in [1.54, 1.807) is 7.11 Å². The number of halogens is 1. The van der Waals surface area contributed by atoms with Crippen molar-refractivity contribution in [1.29, 1.82) is 0 Å². The zero-order valence-electron chi connectivity index (χ0n) is 20.3. The van der Waals surface area contributed by atoms with Crippen LogP contribution < -0.4 is 9.64 Å². The number of alkyl halides is 1. The lowest BCUT2D eigenvalue weighted by atomic mass is 9.46. The van der Waals surface area contributed by atoms with Gasteiger partial charge in [-0.2, -0.15) is 0 Å². The topological polar surface area (TPSA) is 88.5 Å². The minimum atomic E-state index is -2.29. The van der Waals surface area contributed by atoms with E-state index in [1.807, 2.05) is 30.1 Å². The van der Waals surface area contributed by atoms with Crippen LogP contribution in [0.25, 0.3) is 0 Å². The van der Waals surface area contributed by atoms with Crippen LogP contribution in [-0.2, 0) is 24.5 Å². The van der Waals surface area contributed by atoms with Crippen molar-refractivity contribution in [2.75, 3.05) is 39.3 Å². The summed E-state index contributed by atoms with van der Waals surface area (Å²) in [6.45, 7) is 4.16. The number of anilines is 1. The van der Waals surface area contributed by atoms with Crippen LogP contribution in [0, 0.1) is 5.41 Å². The number of fused-ring (bicyclic) bond motifs is 1. The fraction of sp³-hybridized carbons (Fsp3) is 0.680. The molecule has 9 heteroatoms. The number of carbonyl (C=O) groups excluding carboxylic acids is 2. The molecule has 186 valence electrons. The van der Waals surface area contributed by atoms with Crippen LogP contribution >= 0.6 is 0 Å². The quantitative estimate of drug-likeness (QED) is 0.659. The van der Waals surface area contributed by atoms with Gasteiger partial charge in [0.2, 0.25) is 5.60 Å². The number of hydrogen-bond acceptors (Lipinski definition) is 8. The van der Waals surface area contributed by atoms with E-state index in [1.165, 1.54) is 21.0 Å². The van der Waals surface area contributed by atoms with Gasteiger partial charge in [-0.05, 0) is 50.9 Å². The third-order valence-electron chi connectivity index (χ3n) is 9.03. The number of ether oxygens (including phenoxy) is 3. The van der Waals surface area contributed by atoms with Crippen molar-refractivity contribution >= 4 is 17.6 Å². The third kappa shape index (κ3) is 2.54. The Balaban J connectivity index is 1.87. The highest BCUT2D eigenvalue weighted by atomic mass is 19.1. The van der Waals surface area contributed by atoms with Gasteiger partial charge in [0, 0.05) is 37.2 Å². The van der Waals surface area contributed by atoms with E-state index in [2.05, 4.69) is 4.90 Å². The highest BCUT2D eigenvalue weighted by Crippen LogP contribution is 2.68. The average molecular weight is 477 g/mol. The first-order chi connectivity index (χ1) is 16.1. The molecule has 4 aliphatic rings.